The van der Waals surface area contributed by atoms with Crippen molar-refractivity contribution in [3.8, 4) is 0 Å². The third-order valence-corrected chi connectivity index (χ3v) is 0.940. The van der Waals surface area contributed by atoms with Gasteiger partial charge in [-0.1, -0.05) is 35.9 Å². The van der Waals surface area contributed by atoms with Crippen LogP contribution in [-0.2, 0) is 0 Å². The zero-order valence-corrected chi connectivity index (χ0v) is 11.2. The van der Waals surface area contributed by atoms with Crippen molar-refractivity contribution < 1.29 is 57.3 Å². The van der Waals surface area contributed by atoms with E-state index < -0.39 is 21.8 Å². The van der Waals surface area contributed by atoms with Gasteiger partial charge in [0.1, 0.15) is 0 Å². The van der Waals surface area contributed by atoms with E-state index in [4.69, 9.17) is 0 Å². The molecule has 0 heterocycles. The third-order valence-electron chi connectivity index (χ3n) is 0.940. The minimum atomic E-state index is -6.00. The Morgan fingerprint density at radius 1 is 0.542 bits per heavy atom. The molecule has 2 N–H and O–H groups in total. The maximum atomic E-state index is 9.75. The predicted molar refractivity (Wildman–Crippen MR) is 72.5 cm³/mol. The van der Waals surface area contributed by atoms with Crippen LogP contribution in [0.15, 0.2) is 30.3 Å². The first-order valence-corrected chi connectivity index (χ1v) is 5.03. The fourth-order valence-corrected chi connectivity index (χ4v) is 0.534. The Morgan fingerprint density at radius 3 is 0.792 bits per heavy atom. The molecule has 1 aromatic carbocycles. The Labute approximate surface area is 172 Å². The molecule has 0 amide bonds. The van der Waals surface area contributed by atoms with Crippen molar-refractivity contribution in [1.29, 1.82) is 0 Å². The summed E-state index contributed by atoms with van der Waals surface area (Å²) in [5.41, 5.74) is 1.32. The molecule has 142 valence electrons. The van der Waals surface area contributed by atoms with E-state index in [1.54, 1.807) is 0 Å². The Hall–Kier alpha value is 0.171. The van der Waals surface area contributed by atoms with Gasteiger partial charge in [0.05, 0.1) is 0 Å². The third kappa shape index (κ3) is 149. The Morgan fingerprint density at radius 2 is 0.708 bits per heavy atom. The molecule has 0 saturated carbocycles. The summed E-state index contributed by atoms with van der Waals surface area (Å²) in [4.78, 5) is 0. The SMILES string of the molecule is Cc1ccccc1.F[B-](F)(F)F.F[B-](F)(F)F.F[B-](F)(F)F.O.[KH]. The first-order valence-electron chi connectivity index (χ1n) is 5.03. The summed E-state index contributed by atoms with van der Waals surface area (Å²) in [6.45, 7) is 2.08. The maximum absolute atomic E-state index is 9.75. The number of hydrogen-bond acceptors (Lipinski definition) is 0. The standard InChI is InChI=1S/C7H8.3BF4.K.H2O.H/c1-7-5-3-2-4-6-7;3*2-1(3,4)5;;;/h2-6H,1H3;;;;;1H2;/q;3*-1;;;. The second-order valence-electron chi connectivity index (χ2n) is 3.14. The molecular weight excluding hydrogens is 400 g/mol. The van der Waals surface area contributed by atoms with E-state index in [1.807, 2.05) is 18.2 Å². The molecule has 0 saturated heterocycles. The summed E-state index contributed by atoms with van der Waals surface area (Å²) in [5, 5.41) is 0. The number of benzene rings is 1. The van der Waals surface area contributed by atoms with E-state index in [0.29, 0.717) is 0 Å². The van der Waals surface area contributed by atoms with Crippen LogP contribution >= 0.6 is 0 Å². The quantitative estimate of drug-likeness (QED) is 0.448. The Bertz CT molecular complexity index is 321. The van der Waals surface area contributed by atoms with Crippen LogP contribution in [0.2, 0.25) is 0 Å². The van der Waals surface area contributed by atoms with E-state index in [2.05, 4.69) is 19.1 Å². The molecule has 0 fully saturated rings. The number of rotatable bonds is 0. The first kappa shape index (κ1) is 35.3. The molecular formula is C7H11B3F12KO-3. The molecule has 1 nitrogen and oxygen atoms in total. The van der Waals surface area contributed by atoms with Gasteiger partial charge in [0.25, 0.3) is 0 Å². The minimum absolute atomic E-state index is 0. The van der Waals surface area contributed by atoms with Crippen molar-refractivity contribution in [3.63, 3.8) is 0 Å². The average molecular weight is 411 g/mol. The van der Waals surface area contributed by atoms with E-state index in [0.717, 1.165) is 0 Å². The molecule has 1 aromatic rings. The molecule has 0 aliphatic carbocycles. The Kier molecular flexibility index (Phi) is 24.5. The zero-order chi connectivity index (χ0) is 18.6. The van der Waals surface area contributed by atoms with Crippen LogP contribution in [0.25, 0.3) is 0 Å². The number of aryl methyl sites for hydroxylation is 1. The van der Waals surface area contributed by atoms with Gasteiger partial charge in [0.15, 0.2) is 0 Å². The van der Waals surface area contributed by atoms with Crippen molar-refractivity contribution in [1.82, 2.24) is 0 Å². The molecule has 0 bridgehead atoms. The van der Waals surface area contributed by atoms with Crippen molar-refractivity contribution in [3.05, 3.63) is 35.9 Å². The van der Waals surface area contributed by atoms with Crippen LogP contribution in [0.4, 0.5) is 51.8 Å². The van der Waals surface area contributed by atoms with E-state index in [1.165, 1.54) is 5.56 Å². The summed E-state index contributed by atoms with van der Waals surface area (Å²) in [6, 6.07) is 10.3. The monoisotopic (exact) mass is 411 g/mol. The molecule has 1 rings (SSSR count). The zero-order valence-electron chi connectivity index (χ0n) is 11.2. The fourth-order valence-electron chi connectivity index (χ4n) is 0.534. The van der Waals surface area contributed by atoms with Gasteiger partial charge in [-0.15, -0.1) is 0 Å². The number of hydrogen-bond donors (Lipinski definition) is 0. The van der Waals surface area contributed by atoms with Crippen molar-refractivity contribution in [2.75, 3.05) is 0 Å². The van der Waals surface area contributed by atoms with E-state index >= 15 is 0 Å². The van der Waals surface area contributed by atoms with Gasteiger partial charge in [0, 0.05) is 0 Å². The van der Waals surface area contributed by atoms with Gasteiger partial charge in [-0.25, -0.2) is 0 Å². The predicted octanol–water partition coefficient (Wildman–Crippen LogP) is 4.42. The van der Waals surface area contributed by atoms with Gasteiger partial charge in [0.2, 0.25) is 0 Å². The van der Waals surface area contributed by atoms with Crippen molar-refractivity contribution in [2.45, 2.75) is 6.92 Å². The van der Waals surface area contributed by atoms with Crippen molar-refractivity contribution >= 4 is 73.1 Å². The molecule has 17 heteroatoms. The summed E-state index contributed by atoms with van der Waals surface area (Å²) < 4.78 is 117. The number of halogens is 12. The van der Waals surface area contributed by atoms with E-state index in [9.17, 15) is 51.8 Å². The molecule has 0 radical (unpaired) electrons. The summed E-state index contributed by atoms with van der Waals surface area (Å²) >= 11 is 0. The van der Waals surface area contributed by atoms with Crippen molar-refractivity contribution in [2.24, 2.45) is 0 Å². The van der Waals surface area contributed by atoms with Crippen LogP contribution in [0.1, 0.15) is 5.56 Å². The average Bonchev–Trinajstić information content (AvgIpc) is 2.09. The van der Waals surface area contributed by atoms with E-state index in [-0.39, 0.29) is 56.9 Å². The topological polar surface area (TPSA) is 31.5 Å². The summed E-state index contributed by atoms with van der Waals surface area (Å²) in [7, 11) is -18.0. The molecule has 0 aromatic heterocycles. The van der Waals surface area contributed by atoms with Gasteiger partial charge >= 0.3 is 73.1 Å². The normalized spacial score (nSPS) is 10.0. The van der Waals surface area contributed by atoms with Gasteiger partial charge in [-0.2, -0.15) is 0 Å². The molecule has 0 unspecified atom stereocenters. The molecule has 0 aliphatic heterocycles. The van der Waals surface area contributed by atoms with Gasteiger partial charge in [-0.05, 0) is 6.92 Å². The van der Waals surface area contributed by atoms with Crippen LogP contribution in [0, 0.1) is 6.92 Å². The summed E-state index contributed by atoms with van der Waals surface area (Å²) in [6.07, 6.45) is 0. The van der Waals surface area contributed by atoms with Crippen LogP contribution in [0.3, 0.4) is 0 Å². The van der Waals surface area contributed by atoms with Gasteiger partial charge in [-0.3, -0.25) is 0 Å². The van der Waals surface area contributed by atoms with Gasteiger partial charge < -0.3 is 57.3 Å². The van der Waals surface area contributed by atoms with Crippen LogP contribution in [0.5, 0.6) is 0 Å². The molecule has 0 spiro atoms. The second kappa shape index (κ2) is 16.6. The summed E-state index contributed by atoms with van der Waals surface area (Å²) in [5.74, 6) is 0. The van der Waals surface area contributed by atoms with Crippen LogP contribution in [-0.4, -0.2) is 78.6 Å². The molecule has 0 aliphatic rings. The fraction of sp³-hybridized carbons (Fsp3) is 0.143. The Balaban J connectivity index is -0.0000000661. The van der Waals surface area contributed by atoms with Crippen LogP contribution < -0.4 is 0 Å². The first-order chi connectivity index (χ1) is 9.39. The molecule has 0 atom stereocenters. The second-order valence-corrected chi connectivity index (χ2v) is 3.14. The molecule has 24 heavy (non-hydrogen) atoms.